The minimum absolute atomic E-state index is 0.758. The highest BCUT2D eigenvalue weighted by Gasteiger charge is 2.41. The van der Waals surface area contributed by atoms with Crippen molar-refractivity contribution in [2.45, 2.75) is 13.1 Å². The number of hydrogen-bond acceptors (Lipinski definition) is 2. The van der Waals surface area contributed by atoms with Gasteiger partial charge in [-0.15, -0.1) is 0 Å². The van der Waals surface area contributed by atoms with Crippen LogP contribution in [-0.2, 0) is 0 Å². The minimum atomic E-state index is -2.02. The van der Waals surface area contributed by atoms with Crippen LogP contribution in [0.4, 0.5) is 0 Å². The Morgan fingerprint density at radius 2 is 1.02 bits per heavy atom. The van der Waals surface area contributed by atoms with Crippen molar-refractivity contribution in [2.75, 3.05) is 0 Å². The summed E-state index contributed by atoms with van der Waals surface area (Å²) in [6, 6.07) is 63.3. The van der Waals surface area contributed by atoms with Crippen LogP contribution < -0.4 is 10.4 Å². The van der Waals surface area contributed by atoms with Crippen LogP contribution in [0.25, 0.3) is 83.6 Å². The topological polar surface area (TPSA) is 30.7 Å². The van der Waals surface area contributed by atoms with Gasteiger partial charge in [-0.2, -0.15) is 0 Å². The maximum absolute atomic E-state index is 5.37. The zero-order valence-corrected chi connectivity index (χ0v) is 30.1. The molecule has 0 N–H and O–H groups in total. The van der Waals surface area contributed by atoms with E-state index in [1.807, 2.05) is 0 Å². The summed E-state index contributed by atoms with van der Waals surface area (Å²) in [5, 5.41) is 5.26. The zero-order chi connectivity index (χ0) is 34.8. The molecule has 0 radical (unpaired) electrons. The number of rotatable bonds is 5. The third-order valence-electron chi connectivity index (χ3n) is 10.8. The zero-order valence-electron chi connectivity index (χ0n) is 29.1. The second-order valence-corrected chi connectivity index (χ2v) is 18.5. The summed E-state index contributed by atoms with van der Waals surface area (Å²) in [6.07, 6.45) is 0. The maximum Gasteiger partial charge on any atom is 0.160 e. The van der Waals surface area contributed by atoms with Gasteiger partial charge in [-0.25, -0.2) is 9.97 Å². The molecule has 9 aromatic rings. The Bertz CT molecular complexity index is 2820. The first kappa shape index (κ1) is 30.5. The Morgan fingerprint density at radius 3 is 1.85 bits per heavy atom. The fraction of sp³-hybridized carbons (Fsp3) is 0.0417. The maximum atomic E-state index is 5.37. The second kappa shape index (κ2) is 11.9. The van der Waals surface area contributed by atoms with Crippen molar-refractivity contribution in [3.8, 4) is 61.8 Å². The van der Waals surface area contributed by atoms with Gasteiger partial charge in [0.2, 0.25) is 0 Å². The van der Waals surface area contributed by atoms with E-state index in [0.29, 0.717) is 0 Å². The van der Waals surface area contributed by atoms with Crippen molar-refractivity contribution >= 4 is 40.3 Å². The number of para-hydroxylation sites is 1. The van der Waals surface area contributed by atoms with E-state index in [9.17, 15) is 0 Å². The molecular weight excluding hydrogens is 647 g/mol. The summed E-state index contributed by atoms with van der Waals surface area (Å²) >= 11 is 0. The number of aromatic nitrogens is 3. The van der Waals surface area contributed by atoms with Gasteiger partial charge in [-0.05, 0) is 74.6 Å². The lowest BCUT2D eigenvalue weighted by atomic mass is 10.0. The first-order valence-corrected chi connectivity index (χ1v) is 20.9. The number of hydrogen-bond donors (Lipinski definition) is 0. The summed E-state index contributed by atoms with van der Waals surface area (Å²) in [5.74, 6) is 0.758. The first-order chi connectivity index (χ1) is 25.5. The molecule has 0 amide bonds. The van der Waals surface area contributed by atoms with Gasteiger partial charge in [-0.1, -0.05) is 153 Å². The molecule has 7 aromatic carbocycles. The predicted molar refractivity (Wildman–Crippen MR) is 220 cm³/mol. The van der Waals surface area contributed by atoms with Crippen LogP contribution in [0.15, 0.2) is 176 Å². The van der Waals surface area contributed by atoms with E-state index in [1.54, 1.807) is 0 Å². The van der Waals surface area contributed by atoms with Crippen LogP contribution in [-0.4, -0.2) is 22.6 Å². The SMILES string of the molecule is C[Si]1(C)c2ccccc2-c2nc(-c3cccc(-c4cccc(-n5c6ccccc6c6cc(-c7ccccc7)ccc65)c4)c3)nc(-c3ccccc3)c21. The largest absolute Gasteiger partial charge is 0.309 e. The van der Waals surface area contributed by atoms with Gasteiger partial charge in [0.25, 0.3) is 0 Å². The van der Waals surface area contributed by atoms with Gasteiger partial charge < -0.3 is 4.57 Å². The smallest absolute Gasteiger partial charge is 0.160 e. The number of nitrogens with zero attached hydrogens (tertiary/aromatic N) is 3. The van der Waals surface area contributed by atoms with Crippen molar-refractivity contribution in [3.05, 3.63) is 176 Å². The number of fused-ring (bicyclic) bond motifs is 6. The van der Waals surface area contributed by atoms with Crippen LogP contribution in [0, 0.1) is 0 Å². The highest BCUT2D eigenvalue weighted by molar-refractivity contribution is 7.04. The fourth-order valence-electron chi connectivity index (χ4n) is 8.27. The molecule has 0 bridgehead atoms. The molecule has 1 aliphatic heterocycles. The van der Waals surface area contributed by atoms with Crippen LogP contribution >= 0.6 is 0 Å². The molecule has 4 heteroatoms. The molecule has 52 heavy (non-hydrogen) atoms. The molecule has 246 valence electrons. The Balaban J connectivity index is 1.10. The molecule has 0 aliphatic carbocycles. The Hall–Kier alpha value is -6.36. The van der Waals surface area contributed by atoms with Gasteiger partial charge in [-0.3, -0.25) is 0 Å². The van der Waals surface area contributed by atoms with E-state index in [-0.39, 0.29) is 0 Å². The van der Waals surface area contributed by atoms with E-state index >= 15 is 0 Å². The standard InChI is InChI=1S/C48H35N3Si/c1-52(2)44-26-12-10-24-40(44)46-47(52)45(33-17-7-4-8-18-33)49-48(50-46)37-21-13-19-34(29-37)35-20-14-22-38(30-35)51-42-25-11-9-23-39(42)41-31-36(27-28-43(41)51)32-15-5-3-6-16-32/h3-31H,1-2H3. The Labute approximate surface area is 304 Å². The van der Waals surface area contributed by atoms with Crippen molar-refractivity contribution in [1.82, 2.24) is 14.5 Å². The lowest BCUT2D eigenvalue weighted by Crippen LogP contribution is -2.50. The highest BCUT2D eigenvalue weighted by Crippen LogP contribution is 2.37. The monoisotopic (exact) mass is 681 g/mol. The Kier molecular flexibility index (Phi) is 6.95. The number of benzene rings is 7. The van der Waals surface area contributed by atoms with E-state index in [0.717, 1.165) is 45.2 Å². The Morgan fingerprint density at radius 1 is 0.423 bits per heavy atom. The molecule has 3 nitrogen and oxygen atoms in total. The van der Waals surface area contributed by atoms with Gasteiger partial charge >= 0.3 is 0 Å². The fourth-order valence-corrected chi connectivity index (χ4v) is 11.5. The van der Waals surface area contributed by atoms with Crippen molar-refractivity contribution in [3.63, 3.8) is 0 Å². The molecule has 0 unspecified atom stereocenters. The first-order valence-electron chi connectivity index (χ1n) is 17.9. The molecule has 2 aromatic heterocycles. The summed E-state index contributed by atoms with van der Waals surface area (Å²) in [7, 11) is -2.02. The van der Waals surface area contributed by atoms with Crippen molar-refractivity contribution in [2.24, 2.45) is 0 Å². The van der Waals surface area contributed by atoms with Gasteiger partial charge in [0.1, 0.15) is 8.07 Å². The second-order valence-electron chi connectivity index (χ2n) is 14.2. The van der Waals surface area contributed by atoms with Gasteiger partial charge in [0.05, 0.1) is 22.4 Å². The summed E-state index contributed by atoms with van der Waals surface area (Å²) in [5.41, 5.74) is 13.8. The van der Waals surface area contributed by atoms with Crippen molar-refractivity contribution in [1.29, 1.82) is 0 Å². The van der Waals surface area contributed by atoms with Crippen LogP contribution in [0.5, 0.6) is 0 Å². The lowest BCUT2D eigenvalue weighted by Gasteiger charge is -2.21. The van der Waals surface area contributed by atoms with Crippen LogP contribution in [0.2, 0.25) is 13.1 Å². The molecular formula is C48H35N3Si. The van der Waals surface area contributed by atoms with Gasteiger partial charge in [0, 0.05) is 27.6 Å². The third-order valence-corrected chi connectivity index (χ3v) is 14.3. The van der Waals surface area contributed by atoms with E-state index in [4.69, 9.17) is 9.97 Å². The highest BCUT2D eigenvalue weighted by atomic mass is 28.3. The summed E-state index contributed by atoms with van der Waals surface area (Å²) < 4.78 is 2.39. The average Bonchev–Trinajstić information content (AvgIpc) is 3.66. The molecule has 0 atom stereocenters. The molecule has 0 spiro atoms. The summed E-state index contributed by atoms with van der Waals surface area (Å²) in [4.78, 5) is 10.7. The molecule has 0 saturated carbocycles. The molecule has 0 fully saturated rings. The molecule has 1 aliphatic rings. The quantitative estimate of drug-likeness (QED) is 0.169. The third kappa shape index (κ3) is 4.79. The van der Waals surface area contributed by atoms with E-state index < -0.39 is 8.07 Å². The van der Waals surface area contributed by atoms with Gasteiger partial charge in [0.15, 0.2) is 5.82 Å². The van der Waals surface area contributed by atoms with Crippen LogP contribution in [0.3, 0.4) is 0 Å². The lowest BCUT2D eigenvalue weighted by molar-refractivity contribution is 1.18. The molecule has 10 rings (SSSR count). The average molecular weight is 682 g/mol. The molecule has 3 heterocycles. The predicted octanol–water partition coefficient (Wildman–Crippen LogP) is 11.0. The van der Waals surface area contributed by atoms with Crippen LogP contribution in [0.1, 0.15) is 0 Å². The van der Waals surface area contributed by atoms with E-state index in [2.05, 4.69) is 194 Å². The normalized spacial score (nSPS) is 13.0. The summed E-state index contributed by atoms with van der Waals surface area (Å²) in [6.45, 7) is 4.86. The minimum Gasteiger partial charge on any atom is -0.309 e. The van der Waals surface area contributed by atoms with E-state index in [1.165, 1.54) is 48.9 Å². The van der Waals surface area contributed by atoms with Crippen molar-refractivity contribution < 1.29 is 0 Å². The molecule has 0 saturated heterocycles.